The SMILES string of the molecule is CCC(C)Oc1cc2c(cc1OC)CC(=O)N(c1ccc(N(C)Cc3ccccc3F)cc1)C2c1ccc(Cl)cc1. The summed E-state index contributed by atoms with van der Waals surface area (Å²) in [5.41, 5.74) is 5.12. The molecule has 1 amide bonds. The molecule has 212 valence electrons. The number of methoxy groups -OCH3 is 1. The topological polar surface area (TPSA) is 42.0 Å². The van der Waals surface area contributed by atoms with E-state index >= 15 is 0 Å². The summed E-state index contributed by atoms with van der Waals surface area (Å²) in [6.45, 7) is 4.52. The molecule has 0 spiro atoms. The zero-order valence-electron chi connectivity index (χ0n) is 23.7. The minimum atomic E-state index is -0.393. The van der Waals surface area contributed by atoms with Crippen molar-refractivity contribution in [3.8, 4) is 11.5 Å². The van der Waals surface area contributed by atoms with E-state index in [1.165, 1.54) is 6.07 Å². The van der Waals surface area contributed by atoms with Crippen molar-refractivity contribution in [1.29, 1.82) is 0 Å². The fourth-order valence-corrected chi connectivity index (χ4v) is 5.34. The van der Waals surface area contributed by atoms with Crippen LogP contribution in [0.4, 0.5) is 15.8 Å². The largest absolute Gasteiger partial charge is 0.493 e. The lowest BCUT2D eigenvalue weighted by atomic mass is 9.86. The van der Waals surface area contributed by atoms with Gasteiger partial charge < -0.3 is 19.3 Å². The Labute approximate surface area is 246 Å². The van der Waals surface area contributed by atoms with Gasteiger partial charge in [0.1, 0.15) is 5.82 Å². The van der Waals surface area contributed by atoms with E-state index in [4.69, 9.17) is 21.1 Å². The quantitative estimate of drug-likeness (QED) is 0.204. The van der Waals surface area contributed by atoms with Gasteiger partial charge in [-0.3, -0.25) is 4.79 Å². The number of nitrogens with zero attached hydrogens (tertiary/aromatic N) is 2. The van der Waals surface area contributed by atoms with Crippen molar-refractivity contribution in [3.05, 3.63) is 118 Å². The van der Waals surface area contributed by atoms with E-state index in [9.17, 15) is 9.18 Å². The molecule has 0 saturated carbocycles. The van der Waals surface area contributed by atoms with Gasteiger partial charge in [-0.15, -0.1) is 0 Å². The minimum Gasteiger partial charge on any atom is -0.493 e. The fourth-order valence-electron chi connectivity index (χ4n) is 5.22. The number of carbonyl (C=O) groups is 1. The standard InChI is InChI=1S/C34H34ClFN2O3/c1-5-22(2)41-32-20-29-25(18-31(32)40-4)19-33(39)38(34(29)23-10-12-26(35)13-11-23)28-16-14-27(15-17-28)37(3)21-24-8-6-7-9-30(24)36/h6-18,20,22,34H,5,19,21H2,1-4H3. The van der Waals surface area contributed by atoms with E-state index < -0.39 is 6.04 Å². The number of ether oxygens (including phenoxy) is 2. The van der Waals surface area contributed by atoms with Crippen LogP contribution < -0.4 is 19.3 Å². The molecule has 0 fully saturated rings. The zero-order chi connectivity index (χ0) is 29.1. The zero-order valence-corrected chi connectivity index (χ0v) is 24.5. The van der Waals surface area contributed by atoms with Gasteiger partial charge in [-0.2, -0.15) is 0 Å². The van der Waals surface area contributed by atoms with Gasteiger partial charge in [0, 0.05) is 35.6 Å². The molecule has 4 aromatic rings. The van der Waals surface area contributed by atoms with Gasteiger partial charge in [-0.25, -0.2) is 4.39 Å². The maximum absolute atomic E-state index is 14.2. The summed E-state index contributed by atoms with van der Waals surface area (Å²) >= 11 is 6.24. The van der Waals surface area contributed by atoms with Crippen molar-refractivity contribution in [1.82, 2.24) is 0 Å². The molecule has 1 heterocycles. The van der Waals surface area contributed by atoms with Gasteiger partial charge in [0.05, 0.1) is 25.7 Å². The lowest BCUT2D eigenvalue weighted by Gasteiger charge is -2.38. The lowest BCUT2D eigenvalue weighted by molar-refractivity contribution is -0.118. The van der Waals surface area contributed by atoms with Crippen LogP contribution >= 0.6 is 11.6 Å². The number of hydrogen-bond donors (Lipinski definition) is 0. The summed E-state index contributed by atoms with van der Waals surface area (Å²) in [5.74, 6) is 1.01. The molecule has 1 aliphatic heterocycles. The summed E-state index contributed by atoms with van der Waals surface area (Å²) in [6, 6.07) is 25.7. The molecule has 4 aromatic carbocycles. The number of rotatable bonds is 9. The first kappa shape index (κ1) is 28.5. The Kier molecular flexibility index (Phi) is 8.50. The molecule has 0 radical (unpaired) electrons. The van der Waals surface area contributed by atoms with Gasteiger partial charge in [0.25, 0.3) is 0 Å². The van der Waals surface area contributed by atoms with E-state index in [2.05, 4.69) is 6.92 Å². The van der Waals surface area contributed by atoms with Crippen molar-refractivity contribution in [3.63, 3.8) is 0 Å². The van der Waals surface area contributed by atoms with Crippen LogP contribution in [0.2, 0.25) is 5.02 Å². The number of hydrogen-bond acceptors (Lipinski definition) is 4. The van der Waals surface area contributed by atoms with Crippen molar-refractivity contribution < 1.29 is 18.7 Å². The second-order valence-electron chi connectivity index (χ2n) is 10.4. The minimum absolute atomic E-state index is 0.00570. The molecule has 0 saturated heterocycles. The van der Waals surface area contributed by atoms with Crippen LogP contribution in [-0.4, -0.2) is 26.2 Å². The molecule has 0 bridgehead atoms. The number of amides is 1. The summed E-state index contributed by atoms with van der Waals surface area (Å²) < 4.78 is 26.1. The predicted molar refractivity (Wildman–Crippen MR) is 163 cm³/mol. The molecule has 5 rings (SSSR count). The Morgan fingerprint density at radius 1 is 1.02 bits per heavy atom. The molecule has 0 aliphatic carbocycles. The molecule has 5 nitrogen and oxygen atoms in total. The summed E-state index contributed by atoms with van der Waals surface area (Å²) in [7, 11) is 3.54. The van der Waals surface area contributed by atoms with Crippen molar-refractivity contribution in [2.24, 2.45) is 0 Å². The van der Waals surface area contributed by atoms with E-state index in [0.29, 0.717) is 28.6 Å². The molecule has 1 aliphatic rings. The third-order valence-electron chi connectivity index (χ3n) is 7.61. The maximum Gasteiger partial charge on any atom is 0.232 e. The summed E-state index contributed by atoms with van der Waals surface area (Å²) in [4.78, 5) is 17.6. The van der Waals surface area contributed by atoms with Crippen LogP contribution in [0.3, 0.4) is 0 Å². The molecule has 41 heavy (non-hydrogen) atoms. The Morgan fingerprint density at radius 3 is 2.39 bits per heavy atom. The first-order valence-corrected chi connectivity index (χ1v) is 14.2. The van der Waals surface area contributed by atoms with Gasteiger partial charge in [0.2, 0.25) is 5.91 Å². The molecular formula is C34H34ClFN2O3. The fraction of sp³-hybridized carbons (Fsp3) is 0.265. The third kappa shape index (κ3) is 6.03. The Hall–Kier alpha value is -4.03. The van der Waals surface area contributed by atoms with E-state index in [1.54, 1.807) is 19.2 Å². The molecule has 2 unspecified atom stereocenters. The average molecular weight is 573 g/mol. The van der Waals surface area contributed by atoms with E-state index in [-0.39, 0.29) is 24.2 Å². The third-order valence-corrected chi connectivity index (χ3v) is 7.86. The van der Waals surface area contributed by atoms with Gasteiger partial charge >= 0.3 is 0 Å². The van der Waals surface area contributed by atoms with E-state index in [0.717, 1.165) is 34.5 Å². The lowest BCUT2D eigenvalue weighted by Crippen LogP contribution is -2.41. The molecule has 2 atom stereocenters. The highest BCUT2D eigenvalue weighted by molar-refractivity contribution is 6.30. The molecule has 0 N–H and O–H groups in total. The molecule has 0 aromatic heterocycles. The predicted octanol–water partition coefficient (Wildman–Crippen LogP) is 7.98. The monoisotopic (exact) mass is 572 g/mol. The second-order valence-corrected chi connectivity index (χ2v) is 10.8. The number of benzene rings is 4. The number of anilines is 2. The van der Waals surface area contributed by atoms with Crippen molar-refractivity contribution in [2.75, 3.05) is 24.0 Å². The van der Waals surface area contributed by atoms with Crippen LogP contribution in [0.5, 0.6) is 11.5 Å². The highest BCUT2D eigenvalue weighted by Gasteiger charge is 2.36. The number of fused-ring (bicyclic) bond motifs is 1. The van der Waals surface area contributed by atoms with E-state index in [1.807, 2.05) is 90.5 Å². The first-order valence-electron chi connectivity index (χ1n) is 13.8. The van der Waals surface area contributed by atoms with Crippen LogP contribution in [0, 0.1) is 5.82 Å². The van der Waals surface area contributed by atoms with Crippen molar-refractivity contribution in [2.45, 2.75) is 45.4 Å². The van der Waals surface area contributed by atoms with Gasteiger partial charge in [-0.1, -0.05) is 48.9 Å². The number of halogens is 2. The van der Waals surface area contributed by atoms with Crippen LogP contribution in [0.1, 0.15) is 48.6 Å². The summed E-state index contributed by atoms with van der Waals surface area (Å²) in [6.07, 6.45) is 1.09. The van der Waals surface area contributed by atoms with Crippen LogP contribution in [0.15, 0.2) is 84.9 Å². The number of carbonyl (C=O) groups excluding carboxylic acids is 1. The highest BCUT2D eigenvalue weighted by Crippen LogP contribution is 2.44. The second kappa shape index (κ2) is 12.2. The van der Waals surface area contributed by atoms with Gasteiger partial charge in [0.15, 0.2) is 11.5 Å². The highest BCUT2D eigenvalue weighted by atomic mass is 35.5. The molecule has 7 heteroatoms. The van der Waals surface area contributed by atoms with Gasteiger partial charge in [-0.05, 0) is 84.6 Å². The Balaban J connectivity index is 1.54. The maximum atomic E-state index is 14.2. The Morgan fingerprint density at radius 2 is 1.73 bits per heavy atom. The van der Waals surface area contributed by atoms with Crippen LogP contribution in [0.25, 0.3) is 0 Å². The first-order chi connectivity index (χ1) is 19.8. The van der Waals surface area contributed by atoms with Crippen molar-refractivity contribution >= 4 is 28.9 Å². The Bertz CT molecular complexity index is 1520. The normalized spacial score (nSPS) is 15.3. The smallest absolute Gasteiger partial charge is 0.232 e. The molecular weight excluding hydrogens is 539 g/mol. The average Bonchev–Trinajstić information content (AvgIpc) is 2.98. The summed E-state index contributed by atoms with van der Waals surface area (Å²) in [5, 5.41) is 0.625. The van der Waals surface area contributed by atoms with Crippen LogP contribution in [-0.2, 0) is 17.8 Å².